The van der Waals surface area contributed by atoms with Crippen molar-refractivity contribution in [2.45, 2.75) is 17.8 Å². The Balaban J connectivity index is 1.35. The van der Waals surface area contributed by atoms with Gasteiger partial charge in [0.1, 0.15) is 0 Å². The third-order valence-electron chi connectivity index (χ3n) is 8.57. The molecule has 6 nitrogen and oxygen atoms in total. The van der Waals surface area contributed by atoms with E-state index >= 15 is 0 Å². The molecule has 0 spiro atoms. The van der Waals surface area contributed by atoms with Crippen LogP contribution in [0.1, 0.15) is 33.7 Å². The van der Waals surface area contributed by atoms with Gasteiger partial charge in [-0.1, -0.05) is 95.5 Å². The molecule has 0 unspecified atom stereocenters. The van der Waals surface area contributed by atoms with Crippen molar-refractivity contribution < 1.29 is 14.4 Å². The van der Waals surface area contributed by atoms with Crippen molar-refractivity contribution >= 4 is 64.4 Å². The van der Waals surface area contributed by atoms with E-state index < -0.39 is 17.3 Å². The van der Waals surface area contributed by atoms with Gasteiger partial charge in [0.15, 0.2) is 0 Å². The Hall–Kier alpha value is -3.97. The number of carbonyl (C=O) groups excluding carboxylic acids is 3. The molecule has 208 valence electrons. The van der Waals surface area contributed by atoms with E-state index in [1.54, 1.807) is 42.6 Å². The second-order valence-electron chi connectivity index (χ2n) is 10.7. The van der Waals surface area contributed by atoms with Gasteiger partial charge in [-0.3, -0.25) is 14.4 Å². The third-order valence-corrected chi connectivity index (χ3v) is 9.36. The molecule has 4 aromatic rings. The van der Waals surface area contributed by atoms with E-state index in [-0.39, 0.29) is 35.1 Å². The minimum absolute atomic E-state index is 0.100. The van der Waals surface area contributed by atoms with Crippen molar-refractivity contribution in [3.05, 3.63) is 134 Å². The van der Waals surface area contributed by atoms with Crippen molar-refractivity contribution in [2.75, 3.05) is 4.90 Å². The monoisotopic (exact) mass is 613 g/mol. The van der Waals surface area contributed by atoms with E-state index in [1.165, 1.54) is 11.0 Å². The maximum Gasteiger partial charge on any atom is 0.244 e. The number of benzene rings is 4. The topological polar surface area (TPSA) is 78.8 Å². The summed E-state index contributed by atoms with van der Waals surface area (Å²) in [5.74, 6) is -2.84. The van der Waals surface area contributed by atoms with Gasteiger partial charge in [-0.15, -0.1) is 0 Å². The molecule has 1 heterocycles. The maximum absolute atomic E-state index is 14.4. The lowest BCUT2D eigenvalue weighted by Crippen LogP contribution is -2.54. The molecule has 0 saturated carbocycles. The van der Waals surface area contributed by atoms with Gasteiger partial charge in [0.05, 0.1) is 34.4 Å². The van der Waals surface area contributed by atoms with Crippen LogP contribution >= 0.6 is 34.8 Å². The van der Waals surface area contributed by atoms with Crippen molar-refractivity contribution in [1.29, 1.82) is 0 Å². The highest BCUT2D eigenvalue weighted by molar-refractivity contribution is 6.38. The highest BCUT2D eigenvalue weighted by Crippen LogP contribution is 2.63. The highest BCUT2D eigenvalue weighted by Gasteiger charge is 2.68. The lowest BCUT2D eigenvalue weighted by atomic mass is 9.47. The SMILES string of the molecule is O=C(Cc1ccc(Cl)cc1)N/N=C\C12c3ccccc3C(c3ccccc31)[C@@H]1C(=O)N(c3ccc(Cl)cc3Cl)C(=O)[C@H]12. The molecule has 1 N–H and O–H groups in total. The smallest absolute Gasteiger partial charge is 0.244 e. The van der Waals surface area contributed by atoms with E-state index in [0.29, 0.717) is 15.7 Å². The van der Waals surface area contributed by atoms with Crippen LogP contribution in [-0.4, -0.2) is 23.9 Å². The number of amides is 3. The van der Waals surface area contributed by atoms with Gasteiger partial charge in [-0.2, -0.15) is 5.10 Å². The van der Waals surface area contributed by atoms with Crippen molar-refractivity contribution in [3.8, 4) is 0 Å². The van der Waals surface area contributed by atoms with Gasteiger partial charge < -0.3 is 0 Å². The fraction of sp³-hybridized carbons (Fsp3) is 0.152. The number of hydrogen-bond acceptors (Lipinski definition) is 4. The zero-order valence-corrected chi connectivity index (χ0v) is 24.2. The normalized spacial score (nSPS) is 23.6. The first-order valence-electron chi connectivity index (χ1n) is 13.4. The summed E-state index contributed by atoms with van der Waals surface area (Å²) in [7, 11) is 0. The average Bonchev–Trinajstić information content (AvgIpc) is 3.25. The zero-order valence-electron chi connectivity index (χ0n) is 21.9. The molecular weight excluding hydrogens is 593 g/mol. The molecule has 9 heteroatoms. The molecule has 3 amide bonds. The van der Waals surface area contributed by atoms with Crippen molar-refractivity contribution in [1.82, 2.24) is 5.43 Å². The van der Waals surface area contributed by atoms with Gasteiger partial charge in [-0.05, 0) is 58.1 Å². The lowest BCUT2D eigenvalue weighted by molar-refractivity contribution is -0.123. The van der Waals surface area contributed by atoms with E-state index in [9.17, 15) is 14.4 Å². The summed E-state index contributed by atoms with van der Waals surface area (Å²) in [6.07, 6.45) is 1.73. The summed E-state index contributed by atoms with van der Waals surface area (Å²) >= 11 is 18.6. The summed E-state index contributed by atoms with van der Waals surface area (Å²) in [4.78, 5) is 42.7. The average molecular weight is 615 g/mol. The molecule has 4 aromatic carbocycles. The van der Waals surface area contributed by atoms with Crippen LogP contribution in [0.4, 0.5) is 5.69 Å². The predicted molar refractivity (Wildman–Crippen MR) is 163 cm³/mol. The lowest BCUT2D eigenvalue weighted by Gasteiger charge is -2.52. The zero-order chi connectivity index (χ0) is 29.2. The van der Waals surface area contributed by atoms with Gasteiger partial charge in [0.2, 0.25) is 17.7 Å². The van der Waals surface area contributed by atoms with Crippen LogP contribution in [0.3, 0.4) is 0 Å². The summed E-state index contributed by atoms with van der Waals surface area (Å²) in [5, 5.41) is 5.64. The number of rotatable bonds is 5. The van der Waals surface area contributed by atoms with E-state index in [2.05, 4.69) is 10.5 Å². The van der Waals surface area contributed by atoms with Crippen LogP contribution < -0.4 is 10.3 Å². The van der Waals surface area contributed by atoms with Crippen LogP contribution in [0.25, 0.3) is 0 Å². The number of hydrazone groups is 1. The summed E-state index contributed by atoms with van der Waals surface area (Å²) < 4.78 is 0. The van der Waals surface area contributed by atoms with Crippen molar-refractivity contribution in [2.24, 2.45) is 16.9 Å². The molecule has 2 bridgehead atoms. The fourth-order valence-corrected chi connectivity index (χ4v) is 7.60. The summed E-state index contributed by atoms with van der Waals surface area (Å²) in [6, 6.07) is 27.4. The molecule has 2 atom stereocenters. The molecular formula is C33H22Cl3N3O3. The molecule has 4 aliphatic rings. The van der Waals surface area contributed by atoms with Crippen LogP contribution in [0.5, 0.6) is 0 Å². The molecule has 1 aliphatic heterocycles. The molecule has 1 fully saturated rings. The first kappa shape index (κ1) is 26.9. The van der Waals surface area contributed by atoms with Gasteiger partial charge in [0.25, 0.3) is 0 Å². The predicted octanol–water partition coefficient (Wildman–Crippen LogP) is 6.54. The Labute approximate surface area is 256 Å². The van der Waals surface area contributed by atoms with Gasteiger partial charge in [0, 0.05) is 22.2 Å². The molecule has 1 saturated heterocycles. The first-order chi connectivity index (χ1) is 20.3. The number of hydrogen-bond donors (Lipinski definition) is 1. The Morgan fingerprint density at radius 2 is 1.45 bits per heavy atom. The van der Waals surface area contributed by atoms with Gasteiger partial charge >= 0.3 is 0 Å². The fourth-order valence-electron chi connectivity index (χ4n) is 6.98. The number of nitrogens with one attached hydrogen (secondary N) is 1. The Kier molecular flexibility index (Phi) is 6.46. The standard InChI is InChI=1S/C33H22Cl3N3O3/c34-19-11-9-18(10-12-19)15-27(40)38-37-17-33-23-7-3-1-5-21(23)28(22-6-2-4-8-24(22)33)29-30(33)32(42)39(31(29)41)26-14-13-20(35)16-25(26)36/h1-14,16-17,28-30H,15H2,(H,38,40)/b37-17-/t28?,29-,30-,33?/m0/s1. The van der Waals surface area contributed by atoms with Crippen LogP contribution in [0, 0.1) is 11.8 Å². The second-order valence-corrected chi connectivity index (χ2v) is 12.0. The minimum atomic E-state index is -1.11. The number of imide groups is 1. The quantitative estimate of drug-likeness (QED) is 0.158. The molecule has 0 aromatic heterocycles. The van der Waals surface area contributed by atoms with Gasteiger partial charge in [-0.25, -0.2) is 10.3 Å². The van der Waals surface area contributed by atoms with Crippen molar-refractivity contribution in [3.63, 3.8) is 0 Å². The first-order valence-corrected chi connectivity index (χ1v) is 14.5. The molecule has 8 rings (SSSR count). The summed E-state index contributed by atoms with van der Waals surface area (Å²) in [6.45, 7) is 0. The Morgan fingerprint density at radius 1 is 0.833 bits per heavy atom. The van der Waals surface area contributed by atoms with E-state index in [4.69, 9.17) is 34.8 Å². The Bertz CT molecular complexity index is 1770. The highest BCUT2D eigenvalue weighted by atomic mass is 35.5. The maximum atomic E-state index is 14.4. The number of halogens is 3. The van der Waals surface area contributed by atoms with Crippen LogP contribution in [-0.2, 0) is 26.2 Å². The number of anilines is 1. The Morgan fingerprint density at radius 3 is 2.10 bits per heavy atom. The third kappa shape index (κ3) is 3.93. The van der Waals surface area contributed by atoms with E-state index in [1.807, 2.05) is 48.5 Å². The van der Waals surface area contributed by atoms with E-state index in [0.717, 1.165) is 27.8 Å². The largest absolute Gasteiger partial charge is 0.274 e. The number of nitrogens with zero attached hydrogens (tertiary/aromatic N) is 2. The summed E-state index contributed by atoms with van der Waals surface area (Å²) in [5.41, 5.74) is 6.30. The van der Waals surface area contributed by atoms with Crippen LogP contribution in [0.15, 0.2) is 96.1 Å². The van der Waals surface area contributed by atoms with Crippen LogP contribution in [0.2, 0.25) is 15.1 Å². The molecule has 3 aliphatic carbocycles. The molecule has 0 radical (unpaired) electrons. The number of carbonyl (C=O) groups is 3. The second kappa shape index (κ2) is 10.1. The molecule has 42 heavy (non-hydrogen) atoms. The minimum Gasteiger partial charge on any atom is -0.274 e.